The van der Waals surface area contributed by atoms with Gasteiger partial charge in [0.15, 0.2) is 10.9 Å². The van der Waals surface area contributed by atoms with Crippen molar-refractivity contribution in [1.82, 2.24) is 14.5 Å². The second-order valence-corrected chi connectivity index (χ2v) is 6.72. The summed E-state index contributed by atoms with van der Waals surface area (Å²) in [5.74, 6) is 0.385. The number of hydrogen-bond donors (Lipinski definition) is 0. The van der Waals surface area contributed by atoms with E-state index in [1.54, 1.807) is 18.5 Å². The molecule has 0 atom stereocenters. The minimum Gasteiger partial charge on any atom is -0.318 e. The molecule has 2 aromatic heterocycles. The minimum atomic E-state index is 0.0702. The van der Waals surface area contributed by atoms with E-state index >= 15 is 0 Å². The van der Waals surface area contributed by atoms with Crippen LogP contribution in [0, 0.1) is 13.8 Å². The zero-order chi connectivity index (χ0) is 17.1. The van der Waals surface area contributed by atoms with Gasteiger partial charge in [0.1, 0.15) is 0 Å². The van der Waals surface area contributed by atoms with Gasteiger partial charge in [-0.25, -0.2) is 9.97 Å². The van der Waals surface area contributed by atoms with Gasteiger partial charge in [0.05, 0.1) is 5.75 Å². The van der Waals surface area contributed by atoms with E-state index in [-0.39, 0.29) is 5.78 Å². The van der Waals surface area contributed by atoms with Crippen LogP contribution in [0.4, 0.5) is 0 Å². The van der Waals surface area contributed by atoms with E-state index in [0.717, 1.165) is 22.6 Å². The van der Waals surface area contributed by atoms with Crippen LogP contribution in [0.3, 0.4) is 0 Å². The molecule has 3 rings (SSSR count). The molecule has 0 aliphatic rings. The molecule has 0 aliphatic carbocycles. The number of carbonyl (C=O) groups is 1. The molecule has 122 valence electrons. The van der Waals surface area contributed by atoms with E-state index in [1.165, 1.54) is 11.8 Å². The second kappa shape index (κ2) is 7.20. The summed E-state index contributed by atoms with van der Waals surface area (Å²) in [6.45, 7) is 3.95. The van der Waals surface area contributed by atoms with E-state index in [2.05, 4.69) is 14.5 Å². The number of rotatable bonds is 5. The van der Waals surface area contributed by atoms with Crippen molar-refractivity contribution >= 4 is 29.1 Å². The average molecular weight is 358 g/mol. The lowest BCUT2D eigenvalue weighted by atomic mass is 10.2. The maximum atomic E-state index is 12.6. The van der Waals surface area contributed by atoms with Crippen LogP contribution in [0.25, 0.3) is 5.69 Å². The number of halogens is 1. The highest BCUT2D eigenvalue weighted by Crippen LogP contribution is 2.24. The zero-order valence-corrected chi connectivity index (χ0v) is 14.9. The fraction of sp³-hybridized carbons (Fsp3) is 0.167. The van der Waals surface area contributed by atoms with Crippen molar-refractivity contribution in [2.75, 3.05) is 5.75 Å². The quantitative estimate of drug-likeness (QED) is 0.383. The highest BCUT2D eigenvalue weighted by atomic mass is 35.5. The lowest BCUT2D eigenvalue weighted by molar-refractivity contribution is 0.102. The van der Waals surface area contributed by atoms with Crippen LogP contribution in [0.5, 0.6) is 0 Å². The predicted octanol–water partition coefficient (Wildman–Crippen LogP) is 4.51. The summed E-state index contributed by atoms with van der Waals surface area (Å²) in [6.07, 6.45) is 3.35. The van der Waals surface area contributed by atoms with Gasteiger partial charge >= 0.3 is 0 Å². The summed E-state index contributed by atoms with van der Waals surface area (Å²) in [7, 11) is 0. The van der Waals surface area contributed by atoms with Gasteiger partial charge in [-0.2, -0.15) is 0 Å². The van der Waals surface area contributed by atoms with Crippen molar-refractivity contribution in [1.29, 1.82) is 0 Å². The number of Topliss-reactive ketones (excluding diaryl/α,β-unsaturated/α-hetero) is 1. The van der Waals surface area contributed by atoms with Gasteiger partial charge in [-0.1, -0.05) is 23.4 Å². The number of aryl methyl sites for hydroxylation is 1. The van der Waals surface area contributed by atoms with Gasteiger partial charge in [-0.15, -0.1) is 0 Å². The summed E-state index contributed by atoms with van der Waals surface area (Å²) in [6, 6.07) is 11.3. The highest BCUT2D eigenvalue weighted by Gasteiger charge is 2.17. The maximum Gasteiger partial charge on any atom is 0.187 e. The van der Waals surface area contributed by atoms with Crippen molar-refractivity contribution in [2.45, 2.75) is 19.0 Å². The molecule has 0 radical (unpaired) electrons. The fourth-order valence-electron chi connectivity index (χ4n) is 2.60. The van der Waals surface area contributed by atoms with Crippen LogP contribution in [0.1, 0.15) is 21.7 Å². The third-order valence-corrected chi connectivity index (χ3v) is 4.82. The molecule has 0 N–H and O–H groups in total. The molecule has 24 heavy (non-hydrogen) atoms. The molecule has 0 bridgehead atoms. The van der Waals surface area contributed by atoms with E-state index in [4.69, 9.17) is 11.6 Å². The molecule has 6 heteroatoms. The number of ketones is 1. The van der Waals surface area contributed by atoms with Crippen LogP contribution in [-0.4, -0.2) is 26.1 Å². The summed E-state index contributed by atoms with van der Waals surface area (Å²) < 4.78 is 2.06. The third kappa shape index (κ3) is 3.52. The molecule has 1 aromatic carbocycles. The molecular formula is C18H16ClN3OS. The Morgan fingerprint density at radius 1 is 1.17 bits per heavy atom. The molecular weight excluding hydrogens is 342 g/mol. The van der Waals surface area contributed by atoms with E-state index < -0.39 is 0 Å². The summed E-state index contributed by atoms with van der Waals surface area (Å²) >= 11 is 7.30. The number of thioether (sulfide) groups is 1. The Kier molecular flexibility index (Phi) is 5.02. The molecule has 0 unspecified atom stereocenters. The highest BCUT2D eigenvalue weighted by molar-refractivity contribution is 7.99. The molecule has 0 saturated carbocycles. The first kappa shape index (κ1) is 16.7. The summed E-state index contributed by atoms with van der Waals surface area (Å²) in [5.41, 5.74) is 3.66. The predicted molar refractivity (Wildman–Crippen MR) is 97.3 cm³/mol. The smallest absolute Gasteiger partial charge is 0.187 e. The van der Waals surface area contributed by atoms with Crippen LogP contribution < -0.4 is 0 Å². The van der Waals surface area contributed by atoms with Crippen LogP contribution in [-0.2, 0) is 0 Å². The lowest BCUT2D eigenvalue weighted by Crippen LogP contribution is -2.06. The third-order valence-electron chi connectivity index (χ3n) is 3.69. The first-order chi connectivity index (χ1) is 11.6. The van der Waals surface area contributed by atoms with Gasteiger partial charge in [-0.05, 0) is 50.2 Å². The van der Waals surface area contributed by atoms with Crippen LogP contribution >= 0.6 is 23.4 Å². The first-order valence-corrected chi connectivity index (χ1v) is 8.80. The largest absolute Gasteiger partial charge is 0.318 e. The Balaban J connectivity index is 1.83. The van der Waals surface area contributed by atoms with Crippen molar-refractivity contribution < 1.29 is 4.79 Å². The second-order valence-electron chi connectivity index (χ2n) is 5.34. The van der Waals surface area contributed by atoms with E-state index in [0.29, 0.717) is 15.9 Å². The van der Waals surface area contributed by atoms with E-state index in [9.17, 15) is 4.79 Å². The fourth-order valence-corrected chi connectivity index (χ4v) is 3.41. The molecule has 0 amide bonds. The number of aromatic nitrogens is 3. The molecule has 3 aromatic rings. The Labute approximate surface area is 149 Å². The van der Waals surface area contributed by atoms with Crippen molar-refractivity contribution in [2.24, 2.45) is 0 Å². The Bertz CT molecular complexity index is 860. The average Bonchev–Trinajstić information content (AvgIpc) is 2.89. The van der Waals surface area contributed by atoms with Gasteiger partial charge in [-0.3, -0.25) is 4.79 Å². The van der Waals surface area contributed by atoms with Crippen molar-refractivity contribution in [3.8, 4) is 5.69 Å². The van der Waals surface area contributed by atoms with Crippen molar-refractivity contribution in [3.63, 3.8) is 0 Å². The topological polar surface area (TPSA) is 47.8 Å². The Hall–Kier alpha value is -2.11. The number of carbonyl (C=O) groups excluding carboxylic acids is 1. The van der Waals surface area contributed by atoms with Crippen LogP contribution in [0.15, 0.2) is 53.9 Å². The lowest BCUT2D eigenvalue weighted by Gasteiger charge is -2.10. The number of nitrogens with zero attached hydrogens (tertiary/aromatic N) is 3. The van der Waals surface area contributed by atoms with Gasteiger partial charge in [0, 0.05) is 40.1 Å². The summed E-state index contributed by atoms with van der Waals surface area (Å²) in [5, 5.41) is 1.30. The summed E-state index contributed by atoms with van der Waals surface area (Å²) in [4.78, 5) is 20.8. The molecule has 0 fully saturated rings. The standard InChI is InChI=1S/C18H16ClN3OS/c1-12-10-16(17(23)11-24-18-20-8-3-9-21-18)13(2)22(12)15-6-4-14(19)5-7-15/h3-10H,11H2,1-2H3. The molecule has 4 nitrogen and oxygen atoms in total. The molecule has 2 heterocycles. The van der Waals surface area contributed by atoms with Crippen LogP contribution in [0.2, 0.25) is 5.02 Å². The Morgan fingerprint density at radius 2 is 1.83 bits per heavy atom. The molecule has 0 saturated heterocycles. The normalized spacial score (nSPS) is 10.8. The number of benzene rings is 1. The van der Waals surface area contributed by atoms with Gasteiger partial charge in [0.2, 0.25) is 0 Å². The first-order valence-electron chi connectivity index (χ1n) is 7.44. The van der Waals surface area contributed by atoms with Gasteiger partial charge < -0.3 is 4.57 Å². The van der Waals surface area contributed by atoms with Crippen molar-refractivity contribution in [3.05, 3.63) is 70.8 Å². The van der Waals surface area contributed by atoms with Gasteiger partial charge in [0.25, 0.3) is 0 Å². The maximum absolute atomic E-state index is 12.6. The zero-order valence-electron chi connectivity index (χ0n) is 13.4. The monoisotopic (exact) mass is 357 g/mol. The minimum absolute atomic E-state index is 0.0702. The Morgan fingerprint density at radius 3 is 2.50 bits per heavy atom. The van der Waals surface area contributed by atoms with E-state index in [1.807, 2.05) is 44.2 Å². The molecule has 0 spiro atoms. The molecule has 0 aliphatic heterocycles. The number of hydrogen-bond acceptors (Lipinski definition) is 4. The SMILES string of the molecule is Cc1cc(C(=O)CSc2ncccn2)c(C)n1-c1ccc(Cl)cc1.